The highest BCUT2D eigenvalue weighted by molar-refractivity contribution is 5.82. The Kier molecular flexibility index (Phi) is 8.11. The molecule has 0 rings (SSSR count). The van der Waals surface area contributed by atoms with Gasteiger partial charge in [0.1, 0.15) is 5.60 Å². The molecule has 7 heteroatoms. The van der Waals surface area contributed by atoms with Gasteiger partial charge in [0.05, 0.1) is 12.6 Å². The molecule has 2 amide bonds. The Hall–Kier alpha value is -2.05. The van der Waals surface area contributed by atoms with Crippen LogP contribution in [0.1, 0.15) is 40.5 Å². The summed E-state index contributed by atoms with van der Waals surface area (Å²) in [6.07, 6.45) is 2.36. The Morgan fingerprint density at radius 1 is 1.29 bits per heavy atom. The van der Waals surface area contributed by atoms with E-state index in [1.165, 1.54) is 12.2 Å². The lowest BCUT2D eigenvalue weighted by molar-refractivity contribution is -0.137. The molecule has 120 valence electrons. The summed E-state index contributed by atoms with van der Waals surface area (Å²) in [5, 5.41) is 2.56. The largest absolute Gasteiger partial charge is 0.463 e. The molecule has 0 aromatic carbocycles. The summed E-state index contributed by atoms with van der Waals surface area (Å²) >= 11 is 0. The SMILES string of the molecule is CCOC(=O)/C=C/[C@H](CCC(N)=O)NC(=O)OC(C)(C)C. The first-order chi connectivity index (χ1) is 9.64. The number of alkyl carbamates (subject to hydrolysis) is 1. The number of hydrogen-bond donors (Lipinski definition) is 2. The fourth-order valence-corrected chi connectivity index (χ4v) is 1.36. The molecule has 0 aromatic heterocycles. The highest BCUT2D eigenvalue weighted by atomic mass is 16.6. The highest BCUT2D eigenvalue weighted by Gasteiger charge is 2.18. The molecular weight excluding hydrogens is 276 g/mol. The third-order valence-electron chi connectivity index (χ3n) is 2.16. The number of rotatable bonds is 7. The molecule has 0 spiro atoms. The van der Waals surface area contributed by atoms with Gasteiger partial charge in [-0.05, 0) is 34.1 Å². The van der Waals surface area contributed by atoms with Crippen molar-refractivity contribution in [2.24, 2.45) is 5.73 Å². The van der Waals surface area contributed by atoms with Crippen molar-refractivity contribution in [2.45, 2.75) is 52.2 Å². The van der Waals surface area contributed by atoms with Gasteiger partial charge in [0.25, 0.3) is 0 Å². The van der Waals surface area contributed by atoms with E-state index in [2.05, 4.69) is 5.32 Å². The van der Waals surface area contributed by atoms with E-state index in [0.29, 0.717) is 0 Å². The Morgan fingerprint density at radius 2 is 1.90 bits per heavy atom. The van der Waals surface area contributed by atoms with Crippen LogP contribution < -0.4 is 11.1 Å². The van der Waals surface area contributed by atoms with Crippen molar-refractivity contribution in [3.8, 4) is 0 Å². The standard InChI is InChI=1S/C14H24N2O5/c1-5-20-12(18)9-7-10(6-8-11(15)17)16-13(19)21-14(2,3)4/h7,9-10H,5-6,8H2,1-4H3,(H2,15,17)(H,16,19)/b9-7+/t10-/m0/s1. The molecule has 0 radical (unpaired) electrons. The minimum atomic E-state index is -0.636. The highest BCUT2D eigenvalue weighted by Crippen LogP contribution is 2.08. The van der Waals surface area contributed by atoms with Gasteiger partial charge in [-0.1, -0.05) is 6.08 Å². The molecule has 0 aliphatic heterocycles. The molecule has 3 N–H and O–H groups in total. The topological polar surface area (TPSA) is 108 Å². The van der Waals surface area contributed by atoms with Crippen LogP contribution >= 0.6 is 0 Å². The van der Waals surface area contributed by atoms with Gasteiger partial charge in [0.2, 0.25) is 5.91 Å². The van der Waals surface area contributed by atoms with Crippen molar-refractivity contribution < 1.29 is 23.9 Å². The van der Waals surface area contributed by atoms with Crippen LogP contribution in [0.15, 0.2) is 12.2 Å². The van der Waals surface area contributed by atoms with Crippen LogP contribution in [0.3, 0.4) is 0 Å². The molecular formula is C14H24N2O5. The molecule has 0 saturated heterocycles. The second-order valence-corrected chi connectivity index (χ2v) is 5.37. The number of esters is 1. The number of carbonyl (C=O) groups is 3. The van der Waals surface area contributed by atoms with E-state index in [9.17, 15) is 14.4 Å². The molecule has 0 aliphatic rings. The first-order valence-electron chi connectivity index (χ1n) is 6.77. The number of ether oxygens (including phenoxy) is 2. The number of amides is 2. The van der Waals surface area contributed by atoms with Gasteiger partial charge in [-0.15, -0.1) is 0 Å². The monoisotopic (exact) mass is 300 g/mol. The maximum atomic E-state index is 11.7. The van der Waals surface area contributed by atoms with Crippen molar-refractivity contribution in [1.29, 1.82) is 0 Å². The van der Waals surface area contributed by atoms with E-state index in [-0.39, 0.29) is 19.4 Å². The lowest BCUT2D eigenvalue weighted by Gasteiger charge is -2.22. The molecule has 1 atom stereocenters. The molecule has 0 heterocycles. The molecule has 7 nitrogen and oxygen atoms in total. The van der Waals surface area contributed by atoms with Crippen molar-refractivity contribution >= 4 is 18.0 Å². The van der Waals surface area contributed by atoms with Crippen LogP contribution in [-0.2, 0) is 19.1 Å². The van der Waals surface area contributed by atoms with Crippen LogP contribution in [-0.4, -0.2) is 36.2 Å². The molecule has 0 unspecified atom stereocenters. The number of carbonyl (C=O) groups excluding carboxylic acids is 3. The first-order valence-corrected chi connectivity index (χ1v) is 6.77. The van der Waals surface area contributed by atoms with Crippen LogP contribution in [0, 0.1) is 0 Å². The third kappa shape index (κ3) is 11.5. The molecule has 0 fully saturated rings. The second-order valence-electron chi connectivity index (χ2n) is 5.37. The summed E-state index contributed by atoms with van der Waals surface area (Å²) in [5.41, 5.74) is 4.44. The average Bonchev–Trinajstić information content (AvgIpc) is 2.30. The number of hydrogen-bond acceptors (Lipinski definition) is 5. The van der Waals surface area contributed by atoms with E-state index in [1.807, 2.05) is 0 Å². The minimum Gasteiger partial charge on any atom is -0.463 e. The van der Waals surface area contributed by atoms with Crippen molar-refractivity contribution in [3.05, 3.63) is 12.2 Å². The number of nitrogens with two attached hydrogens (primary N) is 1. The quantitative estimate of drug-likeness (QED) is 0.543. The van der Waals surface area contributed by atoms with Crippen LogP contribution in [0.2, 0.25) is 0 Å². The van der Waals surface area contributed by atoms with E-state index in [1.54, 1.807) is 27.7 Å². The Bertz CT molecular complexity index is 399. The van der Waals surface area contributed by atoms with Gasteiger partial charge in [-0.2, -0.15) is 0 Å². The Labute approximate surface area is 124 Å². The van der Waals surface area contributed by atoms with Crippen LogP contribution in [0.4, 0.5) is 4.79 Å². The fourth-order valence-electron chi connectivity index (χ4n) is 1.36. The summed E-state index contributed by atoms with van der Waals surface area (Å²) < 4.78 is 9.86. The van der Waals surface area contributed by atoms with Crippen LogP contribution in [0.25, 0.3) is 0 Å². The maximum absolute atomic E-state index is 11.7. The van der Waals surface area contributed by atoms with E-state index in [4.69, 9.17) is 15.2 Å². The summed E-state index contributed by atoms with van der Waals surface area (Å²) in [6, 6.07) is -0.545. The molecule has 21 heavy (non-hydrogen) atoms. The van der Waals surface area contributed by atoms with Gasteiger partial charge < -0.3 is 20.5 Å². The van der Waals surface area contributed by atoms with Gasteiger partial charge in [0.15, 0.2) is 0 Å². The lowest BCUT2D eigenvalue weighted by Crippen LogP contribution is -2.38. The van der Waals surface area contributed by atoms with Gasteiger partial charge in [0, 0.05) is 12.5 Å². The van der Waals surface area contributed by atoms with E-state index in [0.717, 1.165) is 0 Å². The molecule has 0 aliphatic carbocycles. The second kappa shape index (κ2) is 8.99. The smallest absolute Gasteiger partial charge is 0.408 e. The third-order valence-corrected chi connectivity index (χ3v) is 2.16. The number of nitrogens with one attached hydrogen (secondary N) is 1. The van der Waals surface area contributed by atoms with Gasteiger partial charge >= 0.3 is 12.1 Å². The van der Waals surface area contributed by atoms with Gasteiger partial charge in [-0.25, -0.2) is 9.59 Å². The average molecular weight is 300 g/mol. The zero-order chi connectivity index (χ0) is 16.5. The zero-order valence-electron chi connectivity index (χ0n) is 13.0. The van der Waals surface area contributed by atoms with Crippen molar-refractivity contribution in [2.75, 3.05) is 6.61 Å². The maximum Gasteiger partial charge on any atom is 0.408 e. The summed E-state index contributed by atoms with van der Waals surface area (Å²) in [4.78, 5) is 33.8. The summed E-state index contributed by atoms with van der Waals surface area (Å²) in [6.45, 7) is 7.15. The number of primary amides is 1. The predicted molar refractivity (Wildman–Crippen MR) is 77.4 cm³/mol. The Morgan fingerprint density at radius 3 is 2.38 bits per heavy atom. The summed E-state index contributed by atoms with van der Waals surface area (Å²) in [7, 11) is 0. The van der Waals surface area contributed by atoms with E-state index < -0.39 is 29.6 Å². The normalized spacial score (nSPS) is 12.8. The fraction of sp³-hybridized carbons (Fsp3) is 0.643. The lowest BCUT2D eigenvalue weighted by atomic mass is 10.1. The molecule has 0 saturated carbocycles. The van der Waals surface area contributed by atoms with Crippen LogP contribution in [0.5, 0.6) is 0 Å². The molecule has 0 aromatic rings. The summed E-state index contributed by atoms with van der Waals surface area (Å²) in [5.74, 6) is -1.01. The first kappa shape index (κ1) is 18.9. The predicted octanol–water partition coefficient (Wildman–Crippen LogP) is 1.26. The van der Waals surface area contributed by atoms with Crippen molar-refractivity contribution in [1.82, 2.24) is 5.32 Å². The van der Waals surface area contributed by atoms with Gasteiger partial charge in [-0.3, -0.25) is 4.79 Å². The van der Waals surface area contributed by atoms with Crippen molar-refractivity contribution in [3.63, 3.8) is 0 Å². The van der Waals surface area contributed by atoms with E-state index >= 15 is 0 Å². The molecule has 0 bridgehead atoms. The Balaban J connectivity index is 4.62. The zero-order valence-corrected chi connectivity index (χ0v) is 13.0. The minimum absolute atomic E-state index is 0.0770.